The SMILES string of the molecule is CCCCN1CC[O][Sn]2([O]CC1)[O]CCN(CCCC)CC(C)(C)[O]2. The molecule has 0 radical (unpaired) electrons. The first-order valence-corrected chi connectivity index (χ1v) is 14.7. The first-order chi connectivity index (χ1) is 12.0. The van der Waals surface area contributed by atoms with Crippen molar-refractivity contribution in [2.45, 2.75) is 59.0 Å². The van der Waals surface area contributed by atoms with Gasteiger partial charge < -0.3 is 0 Å². The number of rotatable bonds is 6. The van der Waals surface area contributed by atoms with Crippen LogP contribution in [-0.2, 0) is 12.3 Å². The molecule has 0 atom stereocenters. The van der Waals surface area contributed by atoms with E-state index >= 15 is 0 Å². The van der Waals surface area contributed by atoms with E-state index in [1.807, 2.05) is 0 Å². The third kappa shape index (κ3) is 7.60. The summed E-state index contributed by atoms with van der Waals surface area (Å²) in [7, 11) is 0. The molecule has 6 nitrogen and oxygen atoms in total. The molecule has 0 saturated carbocycles. The van der Waals surface area contributed by atoms with Gasteiger partial charge in [-0.2, -0.15) is 0 Å². The van der Waals surface area contributed by atoms with Crippen molar-refractivity contribution in [3.05, 3.63) is 0 Å². The topological polar surface area (TPSA) is 43.4 Å². The molecule has 0 aromatic rings. The van der Waals surface area contributed by atoms with Crippen molar-refractivity contribution in [3.8, 4) is 0 Å². The molecular formula is C18H38N2O4Sn. The van der Waals surface area contributed by atoms with E-state index in [2.05, 4.69) is 37.5 Å². The van der Waals surface area contributed by atoms with E-state index in [1.165, 1.54) is 25.7 Å². The zero-order valence-electron chi connectivity index (χ0n) is 16.7. The van der Waals surface area contributed by atoms with Crippen molar-refractivity contribution < 1.29 is 12.3 Å². The van der Waals surface area contributed by atoms with Crippen molar-refractivity contribution in [2.24, 2.45) is 0 Å². The Labute approximate surface area is 160 Å². The Bertz CT molecular complexity index is 366. The molecule has 2 aliphatic rings. The van der Waals surface area contributed by atoms with Crippen LogP contribution in [0.2, 0.25) is 0 Å². The first-order valence-electron chi connectivity index (χ1n) is 10.1. The maximum atomic E-state index is 6.45. The monoisotopic (exact) mass is 466 g/mol. The van der Waals surface area contributed by atoms with Gasteiger partial charge in [-0.25, -0.2) is 0 Å². The van der Waals surface area contributed by atoms with Crippen LogP contribution in [0.4, 0.5) is 0 Å². The first kappa shape index (κ1) is 21.9. The summed E-state index contributed by atoms with van der Waals surface area (Å²) in [5.41, 5.74) is -0.300. The molecule has 0 N–H and O–H groups in total. The van der Waals surface area contributed by atoms with Crippen LogP contribution in [0.1, 0.15) is 53.4 Å². The summed E-state index contributed by atoms with van der Waals surface area (Å²) < 4.78 is 25.0. The third-order valence-electron chi connectivity index (χ3n) is 4.72. The molecule has 0 unspecified atom stereocenters. The number of hydrogen-bond acceptors (Lipinski definition) is 6. The summed E-state index contributed by atoms with van der Waals surface area (Å²) in [5.74, 6) is 0. The minimum atomic E-state index is -3.91. The predicted molar refractivity (Wildman–Crippen MR) is 101 cm³/mol. The van der Waals surface area contributed by atoms with Crippen LogP contribution < -0.4 is 0 Å². The van der Waals surface area contributed by atoms with E-state index in [-0.39, 0.29) is 5.60 Å². The normalized spacial score (nSPS) is 25.9. The Morgan fingerprint density at radius 2 is 1.28 bits per heavy atom. The summed E-state index contributed by atoms with van der Waals surface area (Å²) in [6.45, 7) is 16.6. The van der Waals surface area contributed by atoms with E-state index in [9.17, 15) is 0 Å². The summed E-state index contributed by atoms with van der Waals surface area (Å²) in [5, 5.41) is 0. The molecule has 0 aromatic carbocycles. The van der Waals surface area contributed by atoms with Crippen molar-refractivity contribution in [1.29, 1.82) is 0 Å². The molecular weight excluding hydrogens is 427 g/mol. The fraction of sp³-hybridized carbons (Fsp3) is 1.00. The van der Waals surface area contributed by atoms with Crippen molar-refractivity contribution in [2.75, 3.05) is 59.1 Å². The van der Waals surface area contributed by atoms with E-state index in [4.69, 9.17) is 12.3 Å². The zero-order chi connectivity index (χ0) is 18.2. The van der Waals surface area contributed by atoms with Crippen LogP contribution in [-0.4, -0.2) is 94.5 Å². The molecule has 0 bridgehead atoms. The molecule has 1 spiro atoms. The van der Waals surface area contributed by atoms with Gasteiger partial charge >= 0.3 is 160 Å². The average Bonchev–Trinajstić information content (AvgIpc) is 2.52. The van der Waals surface area contributed by atoms with Crippen LogP contribution in [0, 0.1) is 0 Å². The Morgan fingerprint density at radius 1 is 0.800 bits per heavy atom. The molecule has 0 aromatic heterocycles. The van der Waals surface area contributed by atoms with E-state index in [1.54, 1.807) is 0 Å². The quantitative estimate of drug-likeness (QED) is 0.562. The van der Waals surface area contributed by atoms with E-state index < -0.39 is 20.0 Å². The molecule has 2 aliphatic heterocycles. The van der Waals surface area contributed by atoms with Gasteiger partial charge in [0, 0.05) is 0 Å². The second-order valence-corrected chi connectivity index (χ2v) is 13.6. The molecule has 2 fully saturated rings. The van der Waals surface area contributed by atoms with Crippen molar-refractivity contribution in [3.63, 3.8) is 0 Å². The van der Waals surface area contributed by atoms with Gasteiger partial charge in [-0.15, -0.1) is 0 Å². The fourth-order valence-electron chi connectivity index (χ4n) is 3.39. The summed E-state index contributed by atoms with van der Waals surface area (Å²) in [4.78, 5) is 4.86. The molecule has 2 heterocycles. The molecule has 25 heavy (non-hydrogen) atoms. The van der Waals surface area contributed by atoms with E-state index in [0.717, 1.165) is 39.3 Å². The third-order valence-corrected chi connectivity index (χ3v) is 11.8. The second kappa shape index (κ2) is 10.8. The van der Waals surface area contributed by atoms with Gasteiger partial charge in [-0.1, -0.05) is 0 Å². The fourth-order valence-corrected chi connectivity index (χ4v) is 9.65. The Balaban J connectivity index is 1.92. The van der Waals surface area contributed by atoms with E-state index in [0.29, 0.717) is 19.8 Å². The van der Waals surface area contributed by atoms with Crippen molar-refractivity contribution in [1.82, 2.24) is 9.80 Å². The summed E-state index contributed by atoms with van der Waals surface area (Å²) >= 11 is -3.91. The Kier molecular flexibility index (Phi) is 9.42. The summed E-state index contributed by atoms with van der Waals surface area (Å²) in [6, 6.07) is 0. The number of hydrogen-bond donors (Lipinski definition) is 0. The standard InChI is InChI=1S/C10H21NO2.C8H17NO2.Sn/c1-4-5-6-11(7-8-12)9-10(2,3)13;1-2-3-4-9(5-7-10)6-8-11;/h4-9H2,1-3H3;2-8H2,1H3;/q2*-2;+4. The Hall–Kier alpha value is 0.559. The number of unbranched alkanes of at least 4 members (excludes halogenated alkanes) is 2. The van der Waals surface area contributed by atoms with Crippen LogP contribution in [0.5, 0.6) is 0 Å². The second-order valence-electron chi connectivity index (χ2n) is 7.73. The molecule has 0 aliphatic carbocycles. The van der Waals surface area contributed by atoms with Crippen molar-refractivity contribution >= 4 is 20.0 Å². The number of nitrogens with zero attached hydrogens (tertiary/aromatic N) is 2. The maximum absolute atomic E-state index is 6.45. The van der Waals surface area contributed by atoms with Gasteiger partial charge in [0.2, 0.25) is 0 Å². The van der Waals surface area contributed by atoms with Crippen LogP contribution in [0.25, 0.3) is 0 Å². The molecule has 148 valence electrons. The van der Waals surface area contributed by atoms with Gasteiger partial charge in [0.25, 0.3) is 0 Å². The van der Waals surface area contributed by atoms with Gasteiger partial charge in [0.15, 0.2) is 0 Å². The van der Waals surface area contributed by atoms with Gasteiger partial charge in [-0.05, 0) is 0 Å². The summed E-state index contributed by atoms with van der Waals surface area (Å²) in [6.07, 6.45) is 4.87. The molecule has 2 rings (SSSR count). The minimum absolute atomic E-state index is 0.300. The molecule has 0 amide bonds. The Morgan fingerprint density at radius 3 is 1.80 bits per heavy atom. The van der Waals surface area contributed by atoms with Gasteiger partial charge in [0.1, 0.15) is 0 Å². The van der Waals surface area contributed by atoms with Crippen LogP contribution in [0.15, 0.2) is 0 Å². The molecule has 2 saturated heterocycles. The van der Waals surface area contributed by atoms with Crippen LogP contribution >= 0.6 is 0 Å². The average molecular weight is 465 g/mol. The zero-order valence-corrected chi connectivity index (χ0v) is 19.6. The van der Waals surface area contributed by atoms with Gasteiger partial charge in [-0.3, -0.25) is 0 Å². The predicted octanol–water partition coefficient (Wildman–Crippen LogP) is 2.50. The van der Waals surface area contributed by atoms with Crippen LogP contribution in [0.3, 0.4) is 0 Å². The van der Waals surface area contributed by atoms with Gasteiger partial charge in [0.05, 0.1) is 0 Å². The molecule has 7 heteroatoms.